The first-order chi connectivity index (χ1) is 15.1. The summed E-state index contributed by atoms with van der Waals surface area (Å²) in [6, 6.07) is 9.50. The second-order valence-electron chi connectivity index (χ2n) is 9.29. The van der Waals surface area contributed by atoms with E-state index in [4.69, 9.17) is 0 Å². The van der Waals surface area contributed by atoms with Crippen molar-refractivity contribution < 1.29 is 4.79 Å². The summed E-state index contributed by atoms with van der Waals surface area (Å²) in [6.45, 7) is 4.07. The van der Waals surface area contributed by atoms with Crippen molar-refractivity contribution in [1.29, 1.82) is 0 Å². The average molecular weight is 421 g/mol. The smallest absolute Gasteiger partial charge is 0.245 e. The second kappa shape index (κ2) is 8.46. The number of nitrogens with zero attached hydrogens (tertiary/aromatic N) is 4. The number of carbonyl (C=O) groups excluding carboxylic acids is 1. The molecule has 7 nitrogen and oxygen atoms in total. The Hall–Kier alpha value is -2.67. The molecular formula is C24H32N6O. The molecular weight excluding hydrogens is 388 g/mol. The zero-order valence-corrected chi connectivity index (χ0v) is 18.5. The Labute approximate surface area is 183 Å². The molecule has 2 aliphatic heterocycles. The van der Waals surface area contributed by atoms with E-state index in [1.165, 1.54) is 23.8 Å². The molecule has 3 aromatic rings. The third-order valence-electron chi connectivity index (χ3n) is 7.22. The number of para-hydroxylation sites is 1. The van der Waals surface area contributed by atoms with Crippen LogP contribution in [0.25, 0.3) is 10.9 Å². The van der Waals surface area contributed by atoms with E-state index in [0.29, 0.717) is 36.2 Å². The molecule has 164 valence electrons. The predicted molar refractivity (Wildman–Crippen MR) is 123 cm³/mol. The molecule has 0 spiro atoms. The van der Waals surface area contributed by atoms with Crippen LogP contribution in [0, 0.1) is 5.92 Å². The summed E-state index contributed by atoms with van der Waals surface area (Å²) in [5.74, 6) is 1.44. The number of hydrogen-bond donors (Lipinski definition) is 2. The van der Waals surface area contributed by atoms with E-state index in [1.54, 1.807) is 0 Å². The summed E-state index contributed by atoms with van der Waals surface area (Å²) in [6.07, 6.45) is 8.04. The molecule has 2 aromatic heterocycles. The largest absolute Gasteiger partial charge is 0.361 e. The van der Waals surface area contributed by atoms with E-state index >= 15 is 0 Å². The highest BCUT2D eigenvalue weighted by atomic mass is 16.1. The fourth-order valence-corrected chi connectivity index (χ4v) is 5.45. The SMILES string of the molecule is CCCC(CC(=O)c1nc(N2CC3CCC(C2)N3C)n[nH]1)Cc1c[nH]c2ccccc12. The molecule has 2 saturated heterocycles. The van der Waals surface area contributed by atoms with Crippen LogP contribution in [-0.2, 0) is 6.42 Å². The minimum Gasteiger partial charge on any atom is -0.361 e. The van der Waals surface area contributed by atoms with Crippen LogP contribution >= 0.6 is 0 Å². The van der Waals surface area contributed by atoms with Gasteiger partial charge in [0.25, 0.3) is 0 Å². The third-order valence-corrected chi connectivity index (χ3v) is 7.22. The molecule has 0 radical (unpaired) electrons. The average Bonchev–Trinajstić information content (AvgIpc) is 3.45. The number of anilines is 1. The van der Waals surface area contributed by atoms with Crippen molar-refractivity contribution in [3.05, 3.63) is 41.9 Å². The van der Waals surface area contributed by atoms with Gasteiger partial charge in [0, 0.05) is 48.7 Å². The molecule has 3 unspecified atom stereocenters. The quantitative estimate of drug-likeness (QED) is 0.542. The summed E-state index contributed by atoms with van der Waals surface area (Å²) in [5, 5.41) is 8.58. The number of aromatic nitrogens is 4. The molecule has 1 aromatic carbocycles. The number of nitrogens with one attached hydrogen (secondary N) is 2. The number of hydrogen-bond acceptors (Lipinski definition) is 5. The van der Waals surface area contributed by atoms with E-state index in [0.717, 1.165) is 37.9 Å². The highest BCUT2D eigenvalue weighted by Gasteiger charge is 2.38. The Morgan fingerprint density at radius 2 is 2.00 bits per heavy atom. The lowest BCUT2D eigenvalue weighted by atomic mass is 9.90. The number of likely N-dealkylation sites (N-methyl/N-ethyl adjacent to an activating group) is 1. The summed E-state index contributed by atoms with van der Waals surface area (Å²) in [4.78, 5) is 25.7. The van der Waals surface area contributed by atoms with Crippen LogP contribution in [0.3, 0.4) is 0 Å². The summed E-state index contributed by atoms with van der Waals surface area (Å²) in [5.41, 5.74) is 2.44. The van der Waals surface area contributed by atoms with Gasteiger partial charge in [0.2, 0.25) is 5.95 Å². The maximum Gasteiger partial charge on any atom is 0.245 e. The van der Waals surface area contributed by atoms with Crippen LogP contribution < -0.4 is 4.90 Å². The van der Waals surface area contributed by atoms with Crippen LogP contribution in [0.15, 0.2) is 30.5 Å². The van der Waals surface area contributed by atoms with Gasteiger partial charge in [-0.1, -0.05) is 31.5 Å². The Balaban J connectivity index is 1.26. The van der Waals surface area contributed by atoms with Gasteiger partial charge in [-0.3, -0.25) is 14.8 Å². The zero-order chi connectivity index (χ0) is 21.4. The first-order valence-electron chi connectivity index (χ1n) is 11.6. The molecule has 2 fully saturated rings. The number of fused-ring (bicyclic) bond motifs is 3. The molecule has 0 amide bonds. The molecule has 2 bridgehead atoms. The molecule has 7 heteroatoms. The normalized spacial score (nSPS) is 22.3. The number of Topliss-reactive ketones (excluding diaryl/α,β-unsaturated/α-hetero) is 1. The zero-order valence-electron chi connectivity index (χ0n) is 18.5. The monoisotopic (exact) mass is 420 g/mol. The van der Waals surface area contributed by atoms with Crippen LogP contribution in [0.5, 0.6) is 0 Å². The summed E-state index contributed by atoms with van der Waals surface area (Å²) in [7, 11) is 2.22. The van der Waals surface area contributed by atoms with Crippen LogP contribution in [0.4, 0.5) is 5.95 Å². The number of rotatable bonds is 8. The second-order valence-corrected chi connectivity index (χ2v) is 9.29. The standard InChI is InChI=1S/C24H32N6O/c1-3-6-16(11-17-13-25-21-8-5-4-7-20(17)21)12-22(31)23-26-24(28-27-23)30-14-18-9-10-19(15-30)29(18)2/h4-5,7-8,13,16,18-19,25H,3,6,9-12,14-15H2,1-2H3,(H,26,27,28). The summed E-state index contributed by atoms with van der Waals surface area (Å²) < 4.78 is 0. The third kappa shape index (κ3) is 3.99. The van der Waals surface area contributed by atoms with Gasteiger partial charge in [-0.25, -0.2) is 0 Å². The van der Waals surface area contributed by atoms with E-state index in [-0.39, 0.29) is 5.78 Å². The molecule has 2 N–H and O–H groups in total. The molecule has 2 aliphatic rings. The van der Waals surface area contributed by atoms with Gasteiger partial charge in [-0.2, -0.15) is 4.98 Å². The first kappa shape index (κ1) is 20.2. The van der Waals surface area contributed by atoms with Gasteiger partial charge in [0.1, 0.15) is 0 Å². The van der Waals surface area contributed by atoms with Crippen molar-refractivity contribution in [3.8, 4) is 0 Å². The topological polar surface area (TPSA) is 80.9 Å². The van der Waals surface area contributed by atoms with Crippen LogP contribution in [0.2, 0.25) is 0 Å². The lowest BCUT2D eigenvalue weighted by molar-refractivity contribution is 0.0948. The first-order valence-corrected chi connectivity index (χ1v) is 11.6. The van der Waals surface area contributed by atoms with Crippen LogP contribution in [0.1, 0.15) is 55.2 Å². The maximum absolute atomic E-state index is 13.0. The lowest BCUT2D eigenvalue weighted by Crippen LogP contribution is -2.52. The fourth-order valence-electron chi connectivity index (χ4n) is 5.45. The van der Waals surface area contributed by atoms with E-state index < -0.39 is 0 Å². The van der Waals surface area contributed by atoms with E-state index in [2.05, 4.69) is 68.3 Å². The van der Waals surface area contributed by atoms with E-state index in [1.807, 2.05) is 6.07 Å². The number of H-pyrrole nitrogens is 2. The highest BCUT2D eigenvalue weighted by Crippen LogP contribution is 2.30. The Morgan fingerprint density at radius 3 is 2.77 bits per heavy atom. The van der Waals surface area contributed by atoms with Crippen molar-refractivity contribution in [2.75, 3.05) is 25.0 Å². The fraction of sp³-hybridized carbons (Fsp3) is 0.542. The lowest BCUT2D eigenvalue weighted by Gasteiger charge is -2.38. The van der Waals surface area contributed by atoms with Gasteiger partial charge >= 0.3 is 0 Å². The minimum absolute atomic E-state index is 0.0640. The highest BCUT2D eigenvalue weighted by molar-refractivity contribution is 5.93. The molecule has 31 heavy (non-hydrogen) atoms. The van der Waals surface area contributed by atoms with Gasteiger partial charge in [-0.05, 0) is 50.3 Å². The van der Waals surface area contributed by atoms with Gasteiger partial charge in [0.15, 0.2) is 11.6 Å². The van der Waals surface area contributed by atoms with Gasteiger partial charge < -0.3 is 9.88 Å². The minimum atomic E-state index is 0.0640. The van der Waals surface area contributed by atoms with Crippen LogP contribution in [-0.4, -0.2) is 63.1 Å². The van der Waals surface area contributed by atoms with Crippen molar-refractivity contribution in [2.24, 2.45) is 5.92 Å². The molecule has 0 aliphatic carbocycles. The predicted octanol–water partition coefficient (Wildman–Crippen LogP) is 3.80. The Bertz CT molecular complexity index is 1040. The Morgan fingerprint density at radius 1 is 1.23 bits per heavy atom. The summed E-state index contributed by atoms with van der Waals surface area (Å²) >= 11 is 0. The van der Waals surface area contributed by atoms with Crippen molar-refractivity contribution in [3.63, 3.8) is 0 Å². The van der Waals surface area contributed by atoms with E-state index in [9.17, 15) is 4.79 Å². The van der Waals surface area contributed by atoms with Crippen molar-refractivity contribution in [2.45, 2.75) is 57.5 Å². The molecule has 3 atom stereocenters. The maximum atomic E-state index is 13.0. The molecule has 0 saturated carbocycles. The van der Waals surface area contributed by atoms with Crippen molar-refractivity contribution >= 4 is 22.6 Å². The number of aromatic amines is 2. The number of carbonyl (C=O) groups is 1. The number of ketones is 1. The number of benzene rings is 1. The Kier molecular flexibility index (Phi) is 5.52. The van der Waals surface area contributed by atoms with Gasteiger partial charge in [0.05, 0.1) is 0 Å². The molecule has 4 heterocycles. The number of piperazine rings is 1. The van der Waals surface area contributed by atoms with Crippen molar-refractivity contribution in [1.82, 2.24) is 25.1 Å². The van der Waals surface area contributed by atoms with Gasteiger partial charge in [-0.15, -0.1) is 5.10 Å². The molecule has 5 rings (SSSR count).